The number of rotatable bonds is 2. The highest BCUT2D eigenvalue weighted by atomic mass is 16.1. The summed E-state index contributed by atoms with van der Waals surface area (Å²) in [6.07, 6.45) is 9.56. The van der Waals surface area contributed by atoms with Crippen molar-refractivity contribution in [2.75, 3.05) is 0 Å². The van der Waals surface area contributed by atoms with Crippen molar-refractivity contribution >= 4 is 6.29 Å². The number of carbonyl (C=O) groups excluding carboxylic acids is 1. The molecule has 0 saturated heterocycles. The normalized spacial score (nSPS) is 23.7. The quantitative estimate of drug-likeness (QED) is 0.444. The smallest absolute Gasteiger partial charge is 0.142 e. The van der Waals surface area contributed by atoms with Crippen LogP contribution in [0, 0.1) is 0 Å². The first-order chi connectivity index (χ1) is 4.84. The lowest BCUT2D eigenvalue weighted by Gasteiger charge is -1.99. The van der Waals surface area contributed by atoms with Crippen molar-refractivity contribution in [1.82, 2.24) is 0 Å². The fourth-order valence-electron chi connectivity index (χ4n) is 0.826. The molecule has 1 unspecified atom stereocenters. The Hall–Kier alpha value is -1.15. The van der Waals surface area contributed by atoms with Gasteiger partial charge in [0.05, 0.1) is 0 Å². The van der Waals surface area contributed by atoms with Crippen molar-refractivity contribution in [2.45, 2.75) is 6.04 Å². The summed E-state index contributed by atoms with van der Waals surface area (Å²) in [4.78, 5) is 9.89. The average Bonchev–Trinajstić information content (AvgIpc) is 2.31. The van der Waals surface area contributed by atoms with E-state index in [4.69, 9.17) is 5.73 Å². The van der Waals surface area contributed by atoms with Crippen LogP contribution < -0.4 is 5.73 Å². The molecule has 1 aliphatic rings. The molecule has 0 fully saturated rings. The zero-order valence-corrected chi connectivity index (χ0v) is 5.53. The minimum Gasteiger partial charge on any atom is -0.321 e. The van der Waals surface area contributed by atoms with Gasteiger partial charge in [-0.05, 0) is 11.6 Å². The fraction of sp³-hybridized carbons (Fsp3) is 0.125. The fourth-order valence-corrected chi connectivity index (χ4v) is 0.826. The molecule has 0 amide bonds. The van der Waals surface area contributed by atoms with Gasteiger partial charge in [0, 0.05) is 6.04 Å². The molecule has 0 aromatic carbocycles. The van der Waals surface area contributed by atoms with E-state index in [1.807, 2.05) is 18.2 Å². The van der Waals surface area contributed by atoms with Crippen LogP contribution in [0.15, 0.2) is 36.0 Å². The van der Waals surface area contributed by atoms with Gasteiger partial charge in [-0.15, -0.1) is 0 Å². The molecule has 0 spiro atoms. The molecule has 2 N–H and O–H groups in total. The van der Waals surface area contributed by atoms with E-state index in [0.29, 0.717) is 0 Å². The van der Waals surface area contributed by atoms with E-state index < -0.39 is 0 Å². The number of hydrogen-bond donors (Lipinski definition) is 1. The number of hydrogen-bond acceptors (Lipinski definition) is 2. The van der Waals surface area contributed by atoms with Crippen LogP contribution >= 0.6 is 0 Å². The lowest BCUT2D eigenvalue weighted by Crippen LogP contribution is -2.15. The van der Waals surface area contributed by atoms with Gasteiger partial charge in [-0.2, -0.15) is 0 Å². The maximum absolute atomic E-state index is 9.89. The summed E-state index contributed by atoms with van der Waals surface area (Å²) in [6.45, 7) is 0. The highest BCUT2D eigenvalue weighted by molar-refractivity contribution is 5.66. The molecule has 0 aliphatic heterocycles. The third kappa shape index (κ3) is 1.42. The average molecular weight is 135 g/mol. The van der Waals surface area contributed by atoms with Crippen molar-refractivity contribution in [1.29, 1.82) is 0 Å². The van der Waals surface area contributed by atoms with Gasteiger partial charge in [0.2, 0.25) is 0 Å². The zero-order valence-electron chi connectivity index (χ0n) is 5.53. The third-order valence-electron chi connectivity index (χ3n) is 1.36. The molecule has 1 atom stereocenters. The number of aldehydes is 1. The van der Waals surface area contributed by atoms with Crippen molar-refractivity contribution in [2.24, 2.45) is 5.73 Å². The van der Waals surface area contributed by atoms with Gasteiger partial charge in [0.15, 0.2) is 0 Å². The maximum atomic E-state index is 9.89. The Morgan fingerprint density at radius 1 is 1.60 bits per heavy atom. The molecule has 52 valence electrons. The summed E-state index contributed by atoms with van der Waals surface area (Å²) in [5, 5.41) is 0. The van der Waals surface area contributed by atoms with Gasteiger partial charge in [-0.3, -0.25) is 4.79 Å². The molecule has 0 radical (unpaired) electrons. The molecular weight excluding hydrogens is 126 g/mol. The summed E-state index contributed by atoms with van der Waals surface area (Å²) in [5.41, 5.74) is 6.58. The highest BCUT2D eigenvalue weighted by Gasteiger charge is 2.04. The Kier molecular flexibility index (Phi) is 2.18. The number of carbonyl (C=O) groups is 1. The Morgan fingerprint density at radius 3 is 2.90 bits per heavy atom. The van der Waals surface area contributed by atoms with E-state index in [0.717, 1.165) is 11.9 Å². The Morgan fingerprint density at radius 2 is 2.40 bits per heavy atom. The minimum absolute atomic E-state index is 0.0313. The van der Waals surface area contributed by atoms with Crippen LogP contribution in [0.25, 0.3) is 0 Å². The first-order valence-corrected chi connectivity index (χ1v) is 3.10. The molecule has 0 aromatic heterocycles. The summed E-state index contributed by atoms with van der Waals surface area (Å²) < 4.78 is 0. The first kappa shape index (κ1) is 6.96. The molecule has 1 rings (SSSR count). The molecule has 1 aliphatic carbocycles. The van der Waals surface area contributed by atoms with E-state index in [2.05, 4.69) is 0 Å². The second-order valence-corrected chi connectivity index (χ2v) is 2.07. The molecule has 0 bridgehead atoms. The lowest BCUT2D eigenvalue weighted by atomic mass is 10.1. The van der Waals surface area contributed by atoms with E-state index in [9.17, 15) is 4.79 Å². The zero-order chi connectivity index (χ0) is 7.40. The van der Waals surface area contributed by atoms with Gasteiger partial charge in [0.1, 0.15) is 6.29 Å². The van der Waals surface area contributed by atoms with Gasteiger partial charge >= 0.3 is 0 Å². The largest absolute Gasteiger partial charge is 0.321 e. The van der Waals surface area contributed by atoms with E-state index in [-0.39, 0.29) is 6.04 Å². The summed E-state index contributed by atoms with van der Waals surface area (Å²) in [7, 11) is 0. The minimum atomic E-state index is -0.0313. The van der Waals surface area contributed by atoms with Gasteiger partial charge in [-0.1, -0.05) is 24.3 Å². The van der Waals surface area contributed by atoms with Crippen LogP contribution in [0.4, 0.5) is 0 Å². The third-order valence-corrected chi connectivity index (χ3v) is 1.36. The van der Waals surface area contributed by atoms with Gasteiger partial charge < -0.3 is 5.73 Å². The Labute approximate surface area is 59.7 Å². The molecule has 0 aromatic rings. The second kappa shape index (κ2) is 3.13. The van der Waals surface area contributed by atoms with Crippen LogP contribution in [0.2, 0.25) is 0 Å². The van der Waals surface area contributed by atoms with Crippen molar-refractivity contribution in [3.8, 4) is 0 Å². The van der Waals surface area contributed by atoms with Gasteiger partial charge in [-0.25, -0.2) is 0 Å². The van der Waals surface area contributed by atoms with Crippen LogP contribution in [0.5, 0.6) is 0 Å². The SMILES string of the molecule is NC1C=CC=C1/C=C/C=O. The van der Waals surface area contributed by atoms with Crippen molar-refractivity contribution in [3.63, 3.8) is 0 Å². The number of nitrogens with two attached hydrogens (primary N) is 1. The summed E-state index contributed by atoms with van der Waals surface area (Å²) in [6, 6.07) is -0.0313. The second-order valence-electron chi connectivity index (χ2n) is 2.07. The molecule has 10 heavy (non-hydrogen) atoms. The van der Waals surface area contributed by atoms with Crippen molar-refractivity contribution < 1.29 is 4.79 Å². The monoisotopic (exact) mass is 135 g/mol. The molecular formula is C8H9NO. The topological polar surface area (TPSA) is 43.1 Å². The van der Waals surface area contributed by atoms with E-state index in [1.165, 1.54) is 6.08 Å². The molecule has 0 heterocycles. The van der Waals surface area contributed by atoms with E-state index in [1.54, 1.807) is 6.08 Å². The summed E-state index contributed by atoms with van der Waals surface area (Å²) in [5.74, 6) is 0. The molecule has 2 nitrogen and oxygen atoms in total. The van der Waals surface area contributed by atoms with Crippen LogP contribution in [0.1, 0.15) is 0 Å². The predicted molar refractivity (Wildman–Crippen MR) is 40.4 cm³/mol. The number of allylic oxidation sites excluding steroid dienone is 3. The van der Waals surface area contributed by atoms with Crippen molar-refractivity contribution in [3.05, 3.63) is 36.0 Å². The van der Waals surface area contributed by atoms with E-state index >= 15 is 0 Å². The highest BCUT2D eigenvalue weighted by Crippen LogP contribution is 2.09. The van der Waals surface area contributed by atoms with Crippen LogP contribution in [0.3, 0.4) is 0 Å². The first-order valence-electron chi connectivity index (χ1n) is 3.10. The van der Waals surface area contributed by atoms with Crippen LogP contribution in [-0.4, -0.2) is 12.3 Å². The standard InChI is InChI=1S/C8H9NO/c9-8-5-1-3-7(8)4-2-6-10/h1-6,8H,9H2/b4-2+. The predicted octanol–water partition coefficient (Wildman–Crippen LogP) is 0.565. The lowest BCUT2D eigenvalue weighted by molar-refractivity contribution is -0.104. The Balaban J connectivity index is 2.59. The van der Waals surface area contributed by atoms with Crippen LogP contribution in [-0.2, 0) is 4.79 Å². The van der Waals surface area contributed by atoms with Gasteiger partial charge in [0.25, 0.3) is 0 Å². The summed E-state index contributed by atoms with van der Waals surface area (Å²) >= 11 is 0. The molecule has 2 heteroatoms. The molecule has 0 saturated carbocycles. The Bertz CT molecular complexity index is 213. The maximum Gasteiger partial charge on any atom is 0.142 e.